The number of nitrogens with zero attached hydrogens (tertiary/aromatic N) is 2. The number of piperazine rings is 1. The quantitative estimate of drug-likeness (QED) is 0.709. The Hall–Kier alpha value is -2.98. The maximum absolute atomic E-state index is 13.2. The van der Waals surface area contributed by atoms with Crippen LogP contribution in [0, 0.1) is 11.3 Å². The molecule has 0 saturated carbocycles. The zero-order valence-corrected chi connectivity index (χ0v) is 17.1. The molecule has 2 heterocycles. The number of hydrogen-bond acceptors (Lipinski definition) is 4. The van der Waals surface area contributed by atoms with Gasteiger partial charge in [0.2, 0.25) is 10.0 Å². The Labute approximate surface area is 176 Å². The van der Waals surface area contributed by atoms with Gasteiger partial charge in [0, 0.05) is 31.1 Å². The van der Waals surface area contributed by atoms with Gasteiger partial charge in [-0.05, 0) is 41.0 Å². The number of benzene rings is 3. The third-order valence-corrected chi connectivity index (χ3v) is 8.09. The Morgan fingerprint density at radius 1 is 0.867 bits per heavy atom. The first-order chi connectivity index (χ1) is 14.6. The van der Waals surface area contributed by atoms with Crippen molar-refractivity contribution in [3.63, 3.8) is 0 Å². The van der Waals surface area contributed by atoms with Gasteiger partial charge in [-0.25, -0.2) is 8.42 Å². The van der Waals surface area contributed by atoms with Crippen LogP contribution in [0.15, 0.2) is 83.8 Å². The van der Waals surface area contributed by atoms with Gasteiger partial charge in [-0.15, -0.1) is 0 Å². The summed E-state index contributed by atoms with van der Waals surface area (Å²) in [6.45, 7) is 1.30. The maximum atomic E-state index is 13.2. The van der Waals surface area contributed by atoms with Crippen LogP contribution in [0.4, 0.5) is 0 Å². The molecule has 0 radical (unpaired) electrons. The molecule has 1 N–H and O–H groups in total. The van der Waals surface area contributed by atoms with E-state index in [0.717, 1.165) is 16.7 Å². The Kier molecular flexibility index (Phi) is 4.67. The van der Waals surface area contributed by atoms with Crippen LogP contribution < -0.4 is 5.32 Å². The van der Waals surface area contributed by atoms with Crippen molar-refractivity contribution in [3.05, 3.63) is 90.0 Å². The summed E-state index contributed by atoms with van der Waals surface area (Å²) in [6, 6.07) is 26.5. The number of piperidine rings is 1. The summed E-state index contributed by atoms with van der Waals surface area (Å²) in [5.74, 6) is 0.184. The fourth-order valence-corrected chi connectivity index (χ4v) is 6.58. The van der Waals surface area contributed by atoms with Gasteiger partial charge >= 0.3 is 0 Å². The molecule has 0 spiro atoms. The molecule has 0 aromatic heterocycles. The molecule has 2 fully saturated rings. The minimum Gasteiger partial charge on any atom is -0.313 e. The first-order valence-corrected chi connectivity index (χ1v) is 11.4. The minimum absolute atomic E-state index is 0.0817. The van der Waals surface area contributed by atoms with E-state index < -0.39 is 10.0 Å². The molecule has 150 valence electrons. The van der Waals surface area contributed by atoms with Crippen LogP contribution in [0.1, 0.15) is 17.0 Å². The van der Waals surface area contributed by atoms with E-state index >= 15 is 0 Å². The monoisotopic (exact) mass is 415 g/mol. The fraction of sp³-hybridized carbons (Fsp3) is 0.208. The summed E-state index contributed by atoms with van der Waals surface area (Å²) in [5.41, 5.74) is 3.85. The van der Waals surface area contributed by atoms with Crippen molar-refractivity contribution in [2.45, 2.75) is 22.9 Å². The summed E-state index contributed by atoms with van der Waals surface area (Å²) in [7, 11) is -3.50. The van der Waals surface area contributed by atoms with Crippen molar-refractivity contribution < 1.29 is 8.42 Å². The number of rotatable bonds is 4. The molecule has 2 saturated heterocycles. The average Bonchev–Trinajstić information content (AvgIpc) is 2.80. The van der Waals surface area contributed by atoms with Crippen LogP contribution in [0.5, 0.6) is 0 Å². The normalized spacial score (nSPS) is 23.4. The summed E-state index contributed by atoms with van der Waals surface area (Å²) in [5, 5.41) is 12.5. The second kappa shape index (κ2) is 7.37. The van der Waals surface area contributed by atoms with E-state index in [4.69, 9.17) is 5.26 Å². The summed E-state index contributed by atoms with van der Waals surface area (Å²) >= 11 is 0. The molecule has 5 nitrogen and oxygen atoms in total. The maximum Gasteiger partial charge on any atom is 0.243 e. The lowest BCUT2D eigenvalue weighted by Gasteiger charge is -2.57. The number of nitriles is 1. The summed E-state index contributed by atoms with van der Waals surface area (Å²) in [4.78, 5) is 0.355. The molecular weight excluding hydrogens is 394 g/mol. The van der Waals surface area contributed by atoms with Crippen LogP contribution in [0.3, 0.4) is 0 Å². The van der Waals surface area contributed by atoms with Crippen LogP contribution in [0.25, 0.3) is 11.1 Å². The van der Waals surface area contributed by atoms with Crippen LogP contribution in [-0.4, -0.2) is 37.9 Å². The molecule has 0 amide bonds. The zero-order valence-electron chi connectivity index (χ0n) is 16.3. The van der Waals surface area contributed by atoms with E-state index in [9.17, 15) is 8.42 Å². The fourth-order valence-electron chi connectivity index (χ4n) is 4.71. The Bertz CT molecular complexity index is 1210. The SMILES string of the molecule is N#Cc1cccc(-c2ccc(C3[C@H]4CNC[C@@H]3N4S(=O)(=O)c3ccccc3)cc2)c1. The van der Waals surface area contributed by atoms with Crippen LogP contribution >= 0.6 is 0 Å². The van der Waals surface area contributed by atoms with Crippen molar-refractivity contribution in [3.8, 4) is 17.2 Å². The standard InChI is InChI=1S/C24H21N3O2S/c25-14-17-5-4-6-20(13-17)18-9-11-19(12-10-18)24-22-15-26-16-23(24)27(22)30(28,29)21-7-2-1-3-8-21/h1-13,22-24,26H,15-16H2/t22-,23+,24?. The van der Waals surface area contributed by atoms with E-state index in [1.807, 2.05) is 24.3 Å². The number of hydrogen-bond donors (Lipinski definition) is 1. The van der Waals surface area contributed by atoms with Gasteiger partial charge in [0.1, 0.15) is 0 Å². The van der Waals surface area contributed by atoms with E-state index in [2.05, 4.69) is 35.7 Å². The molecule has 6 heteroatoms. The molecule has 5 rings (SSSR count). The first-order valence-electron chi connectivity index (χ1n) is 9.99. The van der Waals surface area contributed by atoms with Gasteiger partial charge in [-0.3, -0.25) is 0 Å². The van der Waals surface area contributed by atoms with E-state index in [1.165, 1.54) is 0 Å². The largest absolute Gasteiger partial charge is 0.313 e. The molecule has 3 aromatic carbocycles. The zero-order chi connectivity index (χ0) is 20.7. The molecule has 30 heavy (non-hydrogen) atoms. The van der Waals surface area contributed by atoms with Crippen molar-refractivity contribution in [2.24, 2.45) is 0 Å². The topological polar surface area (TPSA) is 73.2 Å². The Balaban J connectivity index is 1.42. The highest BCUT2D eigenvalue weighted by atomic mass is 32.2. The van der Waals surface area contributed by atoms with Gasteiger partial charge in [-0.2, -0.15) is 9.57 Å². The van der Waals surface area contributed by atoms with Gasteiger partial charge < -0.3 is 5.32 Å². The number of fused-ring (bicyclic) bond motifs is 2. The van der Waals surface area contributed by atoms with Crippen molar-refractivity contribution in [2.75, 3.05) is 13.1 Å². The Morgan fingerprint density at radius 2 is 1.57 bits per heavy atom. The molecule has 2 aliphatic heterocycles. The lowest BCUT2D eigenvalue weighted by molar-refractivity contribution is 0.0370. The molecule has 3 aromatic rings. The van der Waals surface area contributed by atoms with Crippen molar-refractivity contribution in [1.82, 2.24) is 9.62 Å². The van der Waals surface area contributed by atoms with Gasteiger partial charge in [0.25, 0.3) is 0 Å². The molecule has 2 aliphatic rings. The lowest BCUT2D eigenvalue weighted by atomic mass is 9.74. The lowest BCUT2D eigenvalue weighted by Crippen LogP contribution is -2.73. The highest BCUT2D eigenvalue weighted by Gasteiger charge is 2.56. The second-order valence-corrected chi connectivity index (χ2v) is 9.62. The Morgan fingerprint density at radius 3 is 2.23 bits per heavy atom. The summed E-state index contributed by atoms with van der Waals surface area (Å²) in [6.07, 6.45) is 0. The first kappa shape index (κ1) is 19.0. The third-order valence-electron chi connectivity index (χ3n) is 6.13. The van der Waals surface area contributed by atoms with Crippen LogP contribution in [0.2, 0.25) is 0 Å². The predicted molar refractivity (Wildman–Crippen MR) is 115 cm³/mol. The van der Waals surface area contributed by atoms with E-state index in [0.29, 0.717) is 23.5 Å². The van der Waals surface area contributed by atoms with E-state index in [-0.39, 0.29) is 18.0 Å². The van der Waals surface area contributed by atoms with Crippen molar-refractivity contribution in [1.29, 1.82) is 5.26 Å². The predicted octanol–water partition coefficient (Wildman–Crippen LogP) is 3.35. The number of sulfonamides is 1. The van der Waals surface area contributed by atoms with E-state index in [1.54, 1.807) is 34.6 Å². The highest BCUT2D eigenvalue weighted by Crippen LogP contribution is 2.46. The molecule has 3 atom stereocenters. The summed E-state index contributed by atoms with van der Waals surface area (Å²) < 4.78 is 28.0. The highest BCUT2D eigenvalue weighted by molar-refractivity contribution is 7.89. The molecular formula is C24H21N3O2S. The third kappa shape index (κ3) is 3.03. The van der Waals surface area contributed by atoms with Gasteiger partial charge in [0.15, 0.2) is 0 Å². The van der Waals surface area contributed by atoms with Crippen LogP contribution in [-0.2, 0) is 10.0 Å². The smallest absolute Gasteiger partial charge is 0.243 e. The second-order valence-electron chi connectivity index (χ2n) is 7.78. The van der Waals surface area contributed by atoms with Gasteiger partial charge in [0.05, 0.1) is 16.5 Å². The molecule has 1 unspecified atom stereocenters. The average molecular weight is 416 g/mol. The van der Waals surface area contributed by atoms with Crippen molar-refractivity contribution >= 4 is 10.0 Å². The van der Waals surface area contributed by atoms with Gasteiger partial charge in [-0.1, -0.05) is 54.6 Å². The molecule has 2 bridgehead atoms. The minimum atomic E-state index is -3.50. The molecule has 0 aliphatic carbocycles. The number of nitrogens with one attached hydrogen (secondary N) is 1.